The van der Waals surface area contributed by atoms with Gasteiger partial charge in [-0.1, -0.05) is 11.6 Å². The fourth-order valence-electron chi connectivity index (χ4n) is 2.79. The van der Waals surface area contributed by atoms with Crippen LogP contribution in [0.25, 0.3) is 0 Å². The molecule has 1 unspecified atom stereocenters. The SMILES string of the molecule is O=C(CCC1(C(F)(F)F)OC(=O)Nc2ccc(Cl)cc21)Nc1ccncc1. The van der Waals surface area contributed by atoms with Gasteiger partial charge in [-0.25, -0.2) is 4.79 Å². The summed E-state index contributed by atoms with van der Waals surface area (Å²) in [6.07, 6.45) is -4.69. The second-order valence-corrected chi connectivity index (χ2v) is 6.25. The number of aromatic nitrogens is 1. The molecule has 0 spiro atoms. The third-order valence-electron chi connectivity index (χ3n) is 4.05. The summed E-state index contributed by atoms with van der Waals surface area (Å²) in [5.41, 5.74) is -3.01. The van der Waals surface area contributed by atoms with Crippen molar-refractivity contribution < 1.29 is 27.5 Å². The summed E-state index contributed by atoms with van der Waals surface area (Å²) < 4.78 is 46.6. The number of hydrogen-bond acceptors (Lipinski definition) is 4. The molecule has 2 heterocycles. The van der Waals surface area contributed by atoms with E-state index in [0.717, 1.165) is 6.07 Å². The van der Waals surface area contributed by atoms with Gasteiger partial charge in [0.25, 0.3) is 0 Å². The summed E-state index contributed by atoms with van der Waals surface area (Å²) in [5.74, 6) is -0.664. The summed E-state index contributed by atoms with van der Waals surface area (Å²) in [6, 6.07) is 6.68. The van der Waals surface area contributed by atoms with Crippen LogP contribution in [0.5, 0.6) is 0 Å². The molecule has 2 amide bonds. The van der Waals surface area contributed by atoms with Crippen LogP contribution >= 0.6 is 11.6 Å². The molecule has 1 aliphatic heterocycles. The quantitative estimate of drug-likeness (QED) is 0.794. The van der Waals surface area contributed by atoms with Gasteiger partial charge in [0.1, 0.15) is 0 Å². The zero-order valence-corrected chi connectivity index (χ0v) is 14.4. The number of amides is 2. The zero-order chi connectivity index (χ0) is 19.7. The third-order valence-corrected chi connectivity index (χ3v) is 4.28. The number of carbonyl (C=O) groups is 2. The molecule has 6 nitrogen and oxygen atoms in total. The average Bonchev–Trinajstić information content (AvgIpc) is 2.60. The lowest BCUT2D eigenvalue weighted by atomic mass is 9.85. The number of nitrogens with zero attached hydrogens (tertiary/aromatic N) is 1. The first kappa shape index (κ1) is 19.0. The molecule has 1 aromatic carbocycles. The highest BCUT2D eigenvalue weighted by Crippen LogP contribution is 2.50. The molecule has 0 bridgehead atoms. The molecule has 10 heteroatoms. The molecule has 3 rings (SSSR count). The lowest BCUT2D eigenvalue weighted by molar-refractivity contribution is -0.267. The van der Waals surface area contributed by atoms with E-state index in [2.05, 4.69) is 15.6 Å². The normalized spacial score (nSPS) is 18.9. The monoisotopic (exact) mass is 399 g/mol. The van der Waals surface area contributed by atoms with Gasteiger partial charge in [-0.15, -0.1) is 0 Å². The molecular weight excluding hydrogens is 387 g/mol. The second kappa shape index (κ2) is 7.07. The predicted octanol–water partition coefficient (Wildman–Crippen LogP) is 4.47. The Morgan fingerprint density at radius 1 is 1.26 bits per heavy atom. The van der Waals surface area contributed by atoms with Crippen LogP contribution < -0.4 is 10.6 Å². The van der Waals surface area contributed by atoms with Crippen molar-refractivity contribution in [2.45, 2.75) is 24.6 Å². The van der Waals surface area contributed by atoms with Crippen LogP contribution in [0.1, 0.15) is 18.4 Å². The number of anilines is 2. The highest BCUT2D eigenvalue weighted by atomic mass is 35.5. The van der Waals surface area contributed by atoms with Gasteiger partial charge in [-0.05, 0) is 30.3 Å². The van der Waals surface area contributed by atoms with Gasteiger partial charge in [-0.2, -0.15) is 13.2 Å². The lowest BCUT2D eigenvalue weighted by Crippen LogP contribution is -2.50. The number of benzene rings is 1. The fraction of sp³-hybridized carbons (Fsp3) is 0.235. The van der Waals surface area contributed by atoms with E-state index < -0.39 is 36.6 Å². The minimum atomic E-state index is -4.96. The Morgan fingerprint density at radius 2 is 1.96 bits per heavy atom. The summed E-state index contributed by atoms with van der Waals surface area (Å²) in [6.45, 7) is 0. The molecule has 0 radical (unpaired) electrons. The van der Waals surface area contributed by atoms with E-state index in [1.807, 2.05) is 0 Å². The minimum Gasteiger partial charge on any atom is -0.428 e. The van der Waals surface area contributed by atoms with Gasteiger partial charge >= 0.3 is 12.3 Å². The summed E-state index contributed by atoms with van der Waals surface area (Å²) in [4.78, 5) is 27.6. The molecule has 2 N–H and O–H groups in total. The minimum absolute atomic E-state index is 0.0448. The Labute approximate surface area is 156 Å². The number of alkyl halides is 3. The maximum atomic E-state index is 14.0. The summed E-state index contributed by atoms with van der Waals surface area (Å²) >= 11 is 5.84. The Hall–Kier alpha value is -2.81. The molecule has 1 atom stereocenters. The van der Waals surface area contributed by atoms with E-state index in [0.29, 0.717) is 5.69 Å². The third kappa shape index (κ3) is 3.82. The number of hydrogen-bond donors (Lipinski definition) is 2. The Kier molecular flexibility index (Phi) is 4.97. The molecule has 0 saturated carbocycles. The molecule has 1 aromatic heterocycles. The molecule has 0 fully saturated rings. The highest BCUT2D eigenvalue weighted by Gasteiger charge is 2.62. The van der Waals surface area contributed by atoms with Gasteiger partial charge < -0.3 is 10.1 Å². The molecular formula is C17H13ClF3N3O3. The first-order valence-electron chi connectivity index (χ1n) is 7.78. The first-order valence-corrected chi connectivity index (χ1v) is 8.16. The molecule has 2 aromatic rings. The number of carbonyl (C=O) groups excluding carboxylic acids is 2. The molecule has 1 aliphatic rings. The van der Waals surface area contributed by atoms with Gasteiger partial charge in [0, 0.05) is 41.5 Å². The van der Waals surface area contributed by atoms with E-state index in [-0.39, 0.29) is 16.3 Å². The molecule has 27 heavy (non-hydrogen) atoms. The van der Waals surface area contributed by atoms with Crippen LogP contribution in [0.3, 0.4) is 0 Å². The van der Waals surface area contributed by atoms with Gasteiger partial charge in [-0.3, -0.25) is 15.1 Å². The van der Waals surface area contributed by atoms with Crippen LogP contribution in [0.4, 0.5) is 29.3 Å². The van der Waals surface area contributed by atoms with Crippen molar-refractivity contribution in [3.63, 3.8) is 0 Å². The van der Waals surface area contributed by atoms with Crippen molar-refractivity contribution in [3.8, 4) is 0 Å². The lowest BCUT2D eigenvalue weighted by Gasteiger charge is -2.39. The van der Waals surface area contributed by atoms with E-state index >= 15 is 0 Å². The maximum absolute atomic E-state index is 14.0. The number of rotatable bonds is 4. The number of cyclic esters (lactones) is 1. The number of halogens is 4. The van der Waals surface area contributed by atoms with Gasteiger partial charge in [0.2, 0.25) is 11.5 Å². The number of ether oxygens (including phenoxy) is 1. The largest absolute Gasteiger partial charge is 0.432 e. The van der Waals surface area contributed by atoms with Crippen molar-refractivity contribution in [2.75, 3.05) is 10.6 Å². The van der Waals surface area contributed by atoms with E-state index in [4.69, 9.17) is 16.3 Å². The maximum Gasteiger partial charge on any atom is 0.432 e. The standard InChI is InChI=1S/C17H13ClF3N3O3/c18-10-1-2-13-12(9-10)16(17(19,20)21,27-15(26)24-13)6-3-14(25)23-11-4-7-22-8-5-11/h1-2,4-5,7-9H,3,6H2,(H,24,26)(H,22,23,25). The molecule has 142 valence electrons. The number of fused-ring (bicyclic) bond motifs is 1. The van der Waals surface area contributed by atoms with Crippen LogP contribution in [-0.2, 0) is 15.1 Å². The van der Waals surface area contributed by atoms with Gasteiger partial charge in [0.15, 0.2) is 0 Å². The molecule has 0 aliphatic carbocycles. The predicted molar refractivity (Wildman–Crippen MR) is 91.4 cm³/mol. The van der Waals surface area contributed by atoms with Crippen LogP contribution in [0, 0.1) is 0 Å². The van der Waals surface area contributed by atoms with E-state index in [9.17, 15) is 22.8 Å². The fourth-order valence-corrected chi connectivity index (χ4v) is 2.97. The topological polar surface area (TPSA) is 80.3 Å². The number of pyridine rings is 1. The van der Waals surface area contributed by atoms with Crippen molar-refractivity contribution in [1.29, 1.82) is 0 Å². The number of nitrogens with one attached hydrogen (secondary N) is 2. The first-order chi connectivity index (χ1) is 12.7. The van der Waals surface area contributed by atoms with Crippen LogP contribution in [0.2, 0.25) is 5.02 Å². The zero-order valence-electron chi connectivity index (χ0n) is 13.6. The van der Waals surface area contributed by atoms with Crippen molar-refractivity contribution >= 4 is 35.0 Å². The average molecular weight is 400 g/mol. The summed E-state index contributed by atoms with van der Waals surface area (Å²) in [7, 11) is 0. The molecule has 0 saturated heterocycles. The van der Waals surface area contributed by atoms with Crippen LogP contribution in [-0.4, -0.2) is 23.2 Å². The smallest absolute Gasteiger partial charge is 0.428 e. The van der Waals surface area contributed by atoms with Gasteiger partial charge in [0.05, 0.1) is 5.69 Å². The van der Waals surface area contributed by atoms with Crippen LogP contribution in [0.15, 0.2) is 42.7 Å². The Bertz CT molecular complexity index is 877. The van der Waals surface area contributed by atoms with Crippen molar-refractivity contribution in [1.82, 2.24) is 4.98 Å². The highest BCUT2D eigenvalue weighted by molar-refractivity contribution is 6.30. The Balaban J connectivity index is 1.90. The Morgan fingerprint density at radius 3 is 2.63 bits per heavy atom. The van der Waals surface area contributed by atoms with Crippen molar-refractivity contribution in [3.05, 3.63) is 53.3 Å². The van der Waals surface area contributed by atoms with E-state index in [1.165, 1.54) is 36.7 Å². The second-order valence-electron chi connectivity index (χ2n) is 5.81. The van der Waals surface area contributed by atoms with Crippen molar-refractivity contribution in [2.24, 2.45) is 0 Å². The van der Waals surface area contributed by atoms with E-state index in [1.54, 1.807) is 0 Å². The summed E-state index contributed by atoms with van der Waals surface area (Å²) in [5, 5.41) is 4.73.